The van der Waals surface area contributed by atoms with Gasteiger partial charge in [0.2, 0.25) is 5.91 Å². The maximum atomic E-state index is 13.2. The largest absolute Gasteiger partial charge is 0.346 e. The van der Waals surface area contributed by atoms with Crippen LogP contribution in [-0.4, -0.2) is 52.2 Å². The Morgan fingerprint density at radius 1 is 1.17 bits per heavy atom. The zero-order valence-corrected chi connectivity index (χ0v) is 14.6. The molecule has 0 radical (unpaired) electrons. The van der Waals surface area contributed by atoms with E-state index >= 15 is 0 Å². The molecule has 2 fully saturated rings. The summed E-state index contributed by atoms with van der Waals surface area (Å²) in [5.74, 6) is 0.0839. The van der Waals surface area contributed by atoms with Crippen LogP contribution in [0.2, 0.25) is 0 Å². The van der Waals surface area contributed by atoms with Crippen LogP contribution in [0.5, 0.6) is 0 Å². The fourth-order valence-electron chi connectivity index (χ4n) is 4.17. The Balaban J connectivity index is 2.00. The molecule has 0 spiro atoms. The number of likely N-dealkylation sites (N-methyl/N-ethyl adjacent to an activating group) is 1. The summed E-state index contributed by atoms with van der Waals surface area (Å²) < 4.78 is 0. The van der Waals surface area contributed by atoms with E-state index in [-0.39, 0.29) is 17.7 Å². The van der Waals surface area contributed by atoms with E-state index in [0.717, 1.165) is 32.1 Å². The van der Waals surface area contributed by atoms with Gasteiger partial charge in [-0.25, -0.2) is 0 Å². The van der Waals surface area contributed by atoms with Crippen LogP contribution in [-0.2, 0) is 15.1 Å². The van der Waals surface area contributed by atoms with Gasteiger partial charge in [-0.05, 0) is 25.7 Å². The highest BCUT2D eigenvalue weighted by atomic mass is 16.2. The van der Waals surface area contributed by atoms with Crippen LogP contribution in [0.3, 0.4) is 0 Å². The van der Waals surface area contributed by atoms with E-state index in [2.05, 4.69) is 9.97 Å². The second kappa shape index (κ2) is 6.87. The number of rotatable bonds is 3. The zero-order chi connectivity index (χ0) is 17.2. The minimum Gasteiger partial charge on any atom is -0.346 e. The summed E-state index contributed by atoms with van der Waals surface area (Å²) >= 11 is 0. The summed E-state index contributed by atoms with van der Waals surface area (Å²) in [5.41, 5.74) is -0.405. The molecule has 130 valence electrons. The summed E-state index contributed by atoms with van der Waals surface area (Å²) in [6.07, 6.45) is 11.5. The number of hydrogen-bond donors (Lipinski definition) is 0. The quantitative estimate of drug-likeness (QED) is 0.850. The van der Waals surface area contributed by atoms with Gasteiger partial charge < -0.3 is 9.80 Å². The molecule has 2 amide bonds. The van der Waals surface area contributed by atoms with Gasteiger partial charge in [-0.1, -0.05) is 19.3 Å². The SMILES string of the molecule is CN(C)C(=O)[C@]1(c2cnccn2)CCCN1C(=O)C1CCCCC1. The van der Waals surface area contributed by atoms with Crippen LogP contribution < -0.4 is 0 Å². The molecule has 1 aliphatic heterocycles. The minimum absolute atomic E-state index is 0.0443. The number of nitrogens with zero attached hydrogens (tertiary/aromatic N) is 4. The van der Waals surface area contributed by atoms with E-state index in [0.29, 0.717) is 18.7 Å². The Morgan fingerprint density at radius 2 is 1.92 bits per heavy atom. The molecule has 6 nitrogen and oxygen atoms in total. The molecule has 2 heterocycles. The first-order chi connectivity index (χ1) is 11.6. The van der Waals surface area contributed by atoms with Crippen molar-refractivity contribution >= 4 is 11.8 Å². The van der Waals surface area contributed by atoms with Gasteiger partial charge in [0, 0.05) is 39.0 Å². The molecule has 0 bridgehead atoms. The molecule has 1 saturated carbocycles. The van der Waals surface area contributed by atoms with Gasteiger partial charge in [0.05, 0.1) is 11.9 Å². The highest BCUT2D eigenvalue weighted by molar-refractivity contribution is 5.93. The molecule has 0 N–H and O–H groups in total. The van der Waals surface area contributed by atoms with Gasteiger partial charge in [0.1, 0.15) is 0 Å². The second-order valence-electron chi connectivity index (χ2n) is 7.08. The van der Waals surface area contributed by atoms with Gasteiger partial charge in [-0.2, -0.15) is 0 Å². The summed E-state index contributed by atoms with van der Waals surface area (Å²) in [6, 6.07) is 0. The zero-order valence-electron chi connectivity index (χ0n) is 14.6. The van der Waals surface area contributed by atoms with Crippen LogP contribution >= 0.6 is 0 Å². The minimum atomic E-state index is -0.994. The average molecular weight is 330 g/mol. The Labute approximate surface area is 143 Å². The molecule has 2 aliphatic rings. The van der Waals surface area contributed by atoms with Gasteiger partial charge in [0.25, 0.3) is 5.91 Å². The molecule has 3 rings (SSSR count). The van der Waals surface area contributed by atoms with Crippen molar-refractivity contribution in [3.63, 3.8) is 0 Å². The van der Waals surface area contributed by atoms with Crippen molar-refractivity contribution in [1.29, 1.82) is 0 Å². The molecule has 24 heavy (non-hydrogen) atoms. The average Bonchev–Trinajstić information content (AvgIpc) is 3.07. The first kappa shape index (κ1) is 16.9. The molecule has 6 heteroatoms. The van der Waals surface area contributed by atoms with Crippen molar-refractivity contribution in [2.24, 2.45) is 5.92 Å². The topological polar surface area (TPSA) is 66.4 Å². The van der Waals surface area contributed by atoms with Crippen LogP contribution in [0.1, 0.15) is 50.6 Å². The number of likely N-dealkylation sites (tertiary alicyclic amines) is 1. The van der Waals surface area contributed by atoms with Crippen LogP contribution in [0, 0.1) is 5.92 Å². The lowest BCUT2D eigenvalue weighted by Gasteiger charge is -2.40. The Hall–Kier alpha value is -1.98. The standard InChI is InChI=1S/C18H26N4O2/c1-21(2)17(24)18(15-13-19-10-11-20-15)9-6-12-22(18)16(23)14-7-4-3-5-8-14/h10-11,13-14H,3-9,12H2,1-2H3/t18-/m1/s1. The van der Waals surface area contributed by atoms with Crippen LogP contribution in [0.4, 0.5) is 0 Å². The predicted molar refractivity (Wildman–Crippen MR) is 89.9 cm³/mol. The van der Waals surface area contributed by atoms with Crippen molar-refractivity contribution < 1.29 is 9.59 Å². The van der Waals surface area contributed by atoms with E-state index in [9.17, 15) is 9.59 Å². The second-order valence-corrected chi connectivity index (χ2v) is 7.08. The molecule has 1 aliphatic carbocycles. The van der Waals surface area contributed by atoms with Crippen molar-refractivity contribution in [3.8, 4) is 0 Å². The summed E-state index contributed by atoms with van der Waals surface area (Å²) in [4.78, 5) is 38.3. The molecule has 1 aromatic rings. The van der Waals surface area contributed by atoms with E-state index in [1.807, 2.05) is 0 Å². The third-order valence-electron chi connectivity index (χ3n) is 5.35. The Kier molecular flexibility index (Phi) is 4.83. The lowest BCUT2D eigenvalue weighted by molar-refractivity contribution is -0.153. The van der Waals surface area contributed by atoms with Crippen molar-refractivity contribution in [2.75, 3.05) is 20.6 Å². The molecule has 1 saturated heterocycles. The van der Waals surface area contributed by atoms with E-state index < -0.39 is 5.54 Å². The third-order valence-corrected chi connectivity index (χ3v) is 5.35. The number of carbonyl (C=O) groups is 2. The fraction of sp³-hybridized carbons (Fsp3) is 0.667. The Bertz CT molecular complexity index is 598. The maximum absolute atomic E-state index is 13.2. The first-order valence-corrected chi connectivity index (χ1v) is 8.87. The number of hydrogen-bond acceptors (Lipinski definition) is 4. The normalized spacial score (nSPS) is 24.8. The number of amides is 2. The third kappa shape index (κ3) is 2.78. The van der Waals surface area contributed by atoms with Crippen molar-refractivity contribution in [3.05, 3.63) is 24.3 Å². The lowest BCUT2D eigenvalue weighted by atomic mass is 9.85. The summed E-state index contributed by atoms with van der Waals surface area (Å²) in [5, 5.41) is 0. The Morgan fingerprint density at radius 3 is 2.54 bits per heavy atom. The lowest BCUT2D eigenvalue weighted by Crippen LogP contribution is -2.56. The molecule has 1 aromatic heterocycles. The van der Waals surface area contributed by atoms with E-state index in [1.54, 1.807) is 42.5 Å². The van der Waals surface area contributed by atoms with Crippen molar-refractivity contribution in [1.82, 2.24) is 19.8 Å². The van der Waals surface area contributed by atoms with Gasteiger partial charge in [0.15, 0.2) is 5.54 Å². The molecular formula is C18H26N4O2. The monoisotopic (exact) mass is 330 g/mol. The molecule has 1 atom stereocenters. The van der Waals surface area contributed by atoms with Gasteiger partial charge in [-0.3, -0.25) is 19.6 Å². The van der Waals surface area contributed by atoms with Crippen molar-refractivity contribution in [2.45, 2.75) is 50.5 Å². The summed E-state index contributed by atoms with van der Waals surface area (Å²) in [7, 11) is 3.48. The maximum Gasteiger partial charge on any atom is 0.254 e. The number of carbonyl (C=O) groups excluding carboxylic acids is 2. The van der Waals surface area contributed by atoms with Crippen LogP contribution in [0.25, 0.3) is 0 Å². The molecule has 0 aromatic carbocycles. The van der Waals surface area contributed by atoms with E-state index in [4.69, 9.17) is 0 Å². The predicted octanol–water partition coefficient (Wildman–Crippen LogP) is 1.96. The molecular weight excluding hydrogens is 304 g/mol. The molecule has 0 unspecified atom stereocenters. The first-order valence-electron chi connectivity index (χ1n) is 8.87. The van der Waals surface area contributed by atoms with Gasteiger partial charge >= 0.3 is 0 Å². The fourth-order valence-corrected chi connectivity index (χ4v) is 4.17. The van der Waals surface area contributed by atoms with E-state index in [1.165, 1.54) is 6.42 Å². The number of aromatic nitrogens is 2. The highest BCUT2D eigenvalue weighted by Crippen LogP contribution is 2.41. The highest BCUT2D eigenvalue weighted by Gasteiger charge is 2.53. The smallest absolute Gasteiger partial charge is 0.254 e. The van der Waals surface area contributed by atoms with Crippen LogP contribution in [0.15, 0.2) is 18.6 Å². The van der Waals surface area contributed by atoms with Gasteiger partial charge in [-0.15, -0.1) is 0 Å². The summed E-state index contributed by atoms with van der Waals surface area (Å²) in [6.45, 7) is 0.617.